The summed E-state index contributed by atoms with van der Waals surface area (Å²) < 4.78 is 0. The third-order valence-corrected chi connectivity index (χ3v) is 3.26. The first-order chi connectivity index (χ1) is 6.60. The predicted molar refractivity (Wildman–Crippen MR) is 58.9 cm³/mol. The van der Waals surface area contributed by atoms with Gasteiger partial charge in [0, 0.05) is 12.1 Å². The van der Waals surface area contributed by atoms with Crippen LogP contribution in [0.3, 0.4) is 0 Å². The maximum absolute atomic E-state index is 8.91. The minimum Gasteiger partial charge on any atom is -0.297 e. The lowest BCUT2D eigenvalue weighted by Crippen LogP contribution is -2.38. The fourth-order valence-electron chi connectivity index (χ4n) is 2.34. The smallest absolute Gasteiger partial charge is 0.0670 e. The zero-order chi connectivity index (χ0) is 10.6. The van der Waals surface area contributed by atoms with E-state index in [-0.39, 0.29) is 11.5 Å². The third kappa shape index (κ3) is 2.72. The van der Waals surface area contributed by atoms with Gasteiger partial charge in [0.15, 0.2) is 0 Å². The van der Waals surface area contributed by atoms with Crippen LogP contribution < -0.4 is 0 Å². The van der Waals surface area contributed by atoms with Gasteiger partial charge in [-0.1, -0.05) is 19.8 Å². The molecule has 0 radical (unpaired) electrons. The second kappa shape index (κ2) is 4.79. The highest BCUT2D eigenvalue weighted by Crippen LogP contribution is 2.32. The molecule has 80 valence electrons. The number of hydrogen-bond acceptors (Lipinski definition) is 2. The maximum Gasteiger partial charge on any atom is 0.0670 e. The minimum atomic E-state index is 0.244. The quantitative estimate of drug-likeness (QED) is 0.643. The topological polar surface area (TPSA) is 27.0 Å². The summed E-state index contributed by atoms with van der Waals surface area (Å²) in [6.07, 6.45) is 4.90. The van der Waals surface area contributed by atoms with Crippen LogP contribution in [0.5, 0.6) is 0 Å². The molecule has 1 heterocycles. The summed E-state index contributed by atoms with van der Waals surface area (Å²) in [7, 11) is 0. The molecule has 0 amide bonds. The molecule has 0 bridgehead atoms. The SMILES string of the molecule is CCCCCN1CC(C#N)CC1(C)C. The van der Waals surface area contributed by atoms with Crippen molar-refractivity contribution in [1.82, 2.24) is 4.90 Å². The number of nitriles is 1. The average Bonchev–Trinajstić information content (AvgIpc) is 2.42. The van der Waals surface area contributed by atoms with Crippen LogP contribution in [-0.2, 0) is 0 Å². The van der Waals surface area contributed by atoms with Gasteiger partial charge in [0.05, 0.1) is 12.0 Å². The van der Waals surface area contributed by atoms with Gasteiger partial charge in [0.1, 0.15) is 0 Å². The first-order valence-electron chi connectivity index (χ1n) is 5.75. The van der Waals surface area contributed by atoms with E-state index < -0.39 is 0 Å². The molecule has 2 nitrogen and oxygen atoms in total. The molecule has 0 aromatic carbocycles. The molecule has 14 heavy (non-hydrogen) atoms. The van der Waals surface area contributed by atoms with Crippen molar-refractivity contribution in [2.45, 2.75) is 52.0 Å². The average molecular weight is 194 g/mol. The number of unbranched alkanes of at least 4 members (excludes halogenated alkanes) is 2. The molecule has 0 saturated carbocycles. The fourth-order valence-corrected chi connectivity index (χ4v) is 2.34. The Bertz CT molecular complexity index is 215. The Kier molecular flexibility index (Phi) is 3.95. The van der Waals surface area contributed by atoms with E-state index in [1.54, 1.807) is 0 Å². The van der Waals surface area contributed by atoms with E-state index in [4.69, 9.17) is 5.26 Å². The standard InChI is InChI=1S/C12H22N2/c1-4-5-6-7-14-10-11(9-13)8-12(14,2)3/h11H,4-8,10H2,1-3H3. The largest absolute Gasteiger partial charge is 0.297 e. The van der Waals surface area contributed by atoms with Crippen molar-refractivity contribution < 1.29 is 0 Å². The molecule has 2 heteroatoms. The van der Waals surface area contributed by atoms with Crippen LogP contribution in [0.4, 0.5) is 0 Å². The van der Waals surface area contributed by atoms with Crippen LogP contribution in [0.2, 0.25) is 0 Å². The van der Waals surface area contributed by atoms with Crippen molar-refractivity contribution in [3.8, 4) is 6.07 Å². The van der Waals surface area contributed by atoms with Crippen LogP contribution in [0.15, 0.2) is 0 Å². The van der Waals surface area contributed by atoms with Gasteiger partial charge in [-0.25, -0.2) is 0 Å². The molecular weight excluding hydrogens is 172 g/mol. The van der Waals surface area contributed by atoms with Gasteiger partial charge in [-0.2, -0.15) is 5.26 Å². The lowest BCUT2D eigenvalue weighted by atomic mass is 9.97. The number of hydrogen-bond donors (Lipinski definition) is 0. The molecular formula is C12H22N2. The minimum absolute atomic E-state index is 0.244. The normalized spacial score (nSPS) is 26.3. The zero-order valence-corrected chi connectivity index (χ0v) is 9.71. The maximum atomic E-state index is 8.91. The lowest BCUT2D eigenvalue weighted by Gasteiger charge is -2.31. The molecule has 0 aromatic heterocycles. The monoisotopic (exact) mass is 194 g/mol. The predicted octanol–water partition coefficient (Wildman–Crippen LogP) is 2.80. The summed E-state index contributed by atoms with van der Waals surface area (Å²) in [6, 6.07) is 2.40. The molecule has 1 aliphatic rings. The Morgan fingerprint density at radius 3 is 2.64 bits per heavy atom. The second-order valence-electron chi connectivity index (χ2n) is 5.00. The van der Waals surface area contributed by atoms with Crippen molar-refractivity contribution in [3.05, 3.63) is 0 Å². The Morgan fingerprint density at radius 1 is 1.43 bits per heavy atom. The Balaban J connectivity index is 2.41. The zero-order valence-electron chi connectivity index (χ0n) is 9.71. The van der Waals surface area contributed by atoms with Gasteiger partial charge in [-0.3, -0.25) is 4.90 Å². The fraction of sp³-hybridized carbons (Fsp3) is 0.917. The van der Waals surface area contributed by atoms with E-state index in [1.807, 2.05) is 0 Å². The van der Waals surface area contributed by atoms with Crippen LogP contribution in [-0.4, -0.2) is 23.5 Å². The summed E-state index contributed by atoms with van der Waals surface area (Å²) in [5, 5.41) is 8.91. The summed E-state index contributed by atoms with van der Waals surface area (Å²) >= 11 is 0. The van der Waals surface area contributed by atoms with Gasteiger partial charge in [-0.05, 0) is 33.2 Å². The Hall–Kier alpha value is -0.550. The van der Waals surface area contributed by atoms with Crippen LogP contribution in [0, 0.1) is 17.2 Å². The van der Waals surface area contributed by atoms with E-state index in [0.717, 1.165) is 13.0 Å². The van der Waals surface area contributed by atoms with Crippen molar-refractivity contribution in [1.29, 1.82) is 5.26 Å². The number of nitrogens with zero attached hydrogens (tertiary/aromatic N) is 2. The van der Waals surface area contributed by atoms with Gasteiger partial charge in [0.25, 0.3) is 0 Å². The molecule has 1 aliphatic heterocycles. The molecule has 1 rings (SSSR count). The van der Waals surface area contributed by atoms with Crippen LogP contribution in [0.1, 0.15) is 46.5 Å². The van der Waals surface area contributed by atoms with E-state index in [2.05, 4.69) is 31.7 Å². The first kappa shape index (κ1) is 11.5. The van der Waals surface area contributed by atoms with E-state index in [9.17, 15) is 0 Å². The highest BCUT2D eigenvalue weighted by Gasteiger charge is 2.37. The lowest BCUT2D eigenvalue weighted by molar-refractivity contribution is 0.171. The van der Waals surface area contributed by atoms with Crippen molar-refractivity contribution in [2.75, 3.05) is 13.1 Å². The Labute approximate surface area is 87.9 Å². The molecule has 0 aliphatic carbocycles. The van der Waals surface area contributed by atoms with Gasteiger partial charge in [-0.15, -0.1) is 0 Å². The van der Waals surface area contributed by atoms with Gasteiger partial charge < -0.3 is 0 Å². The van der Waals surface area contributed by atoms with Crippen molar-refractivity contribution in [3.63, 3.8) is 0 Å². The van der Waals surface area contributed by atoms with Gasteiger partial charge >= 0.3 is 0 Å². The van der Waals surface area contributed by atoms with E-state index in [1.165, 1.54) is 25.8 Å². The van der Waals surface area contributed by atoms with Crippen molar-refractivity contribution in [2.24, 2.45) is 5.92 Å². The molecule has 1 atom stereocenters. The number of rotatable bonds is 4. The Morgan fingerprint density at radius 2 is 2.14 bits per heavy atom. The summed E-state index contributed by atoms with van der Waals surface area (Å²) in [6.45, 7) is 8.89. The summed E-state index contributed by atoms with van der Waals surface area (Å²) in [4.78, 5) is 2.48. The molecule has 1 fully saturated rings. The molecule has 0 spiro atoms. The number of likely N-dealkylation sites (tertiary alicyclic amines) is 1. The third-order valence-electron chi connectivity index (χ3n) is 3.26. The van der Waals surface area contributed by atoms with Crippen LogP contribution in [0.25, 0.3) is 0 Å². The highest BCUT2D eigenvalue weighted by molar-refractivity contribution is 5.00. The van der Waals surface area contributed by atoms with Crippen molar-refractivity contribution >= 4 is 0 Å². The first-order valence-corrected chi connectivity index (χ1v) is 5.75. The highest BCUT2D eigenvalue weighted by atomic mass is 15.2. The van der Waals surface area contributed by atoms with E-state index >= 15 is 0 Å². The summed E-state index contributed by atoms with van der Waals surface area (Å²) in [5.41, 5.74) is 0.244. The molecule has 1 saturated heterocycles. The summed E-state index contributed by atoms with van der Waals surface area (Å²) in [5.74, 6) is 0.256. The van der Waals surface area contributed by atoms with Crippen LogP contribution >= 0.6 is 0 Å². The van der Waals surface area contributed by atoms with E-state index in [0.29, 0.717) is 0 Å². The second-order valence-corrected chi connectivity index (χ2v) is 5.00. The van der Waals surface area contributed by atoms with Gasteiger partial charge in [0.2, 0.25) is 0 Å². The molecule has 1 unspecified atom stereocenters. The molecule has 0 aromatic rings. The molecule has 0 N–H and O–H groups in total.